The first-order chi connectivity index (χ1) is 18.2. The van der Waals surface area contributed by atoms with Crippen molar-refractivity contribution < 1.29 is 22.7 Å². The normalized spacial score (nSPS) is 11.9. The molecule has 0 aliphatic rings. The van der Waals surface area contributed by atoms with Crippen molar-refractivity contribution in [1.29, 1.82) is 5.41 Å². The Bertz CT molecular complexity index is 1320. The average Bonchev–Trinajstić information content (AvgIpc) is 2.91. The number of hydrogen-bond donors (Lipinski definition) is 5. The van der Waals surface area contributed by atoms with Gasteiger partial charge in [0, 0.05) is 12.1 Å². The Labute approximate surface area is 222 Å². The molecule has 3 aromatic carbocycles. The van der Waals surface area contributed by atoms with E-state index < -0.39 is 27.9 Å². The van der Waals surface area contributed by atoms with Crippen LogP contribution in [0.2, 0.25) is 0 Å². The summed E-state index contributed by atoms with van der Waals surface area (Å²) in [5, 5.41) is 12.6. The monoisotopic (exact) mass is 537 g/mol. The van der Waals surface area contributed by atoms with Crippen LogP contribution in [0.3, 0.4) is 0 Å². The van der Waals surface area contributed by atoms with Crippen molar-refractivity contribution in [3.8, 4) is 0 Å². The predicted molar refractivity (Wildman–Crippen MR) is 144 cm³/mol. The lowest BCUT2D eigenvalue weighted by molar-refractivity contribution is -0.128. The van der Waals surface area contributed by atoms with Gasteiger partial charge in [-0.2, -0.15) is 0 Å². The molecule has 0 fully saturated rings. The zero-order valence-corrected chi connectivity index (χ0v) is 21.5. The number of carbonyl (C=O) groups excluding carboxylic acids is 2. The van der Waals surface area contributed by atoms with Crippen LogP contribution in [0.4, 0.5) is 0 Å². The maximum absolute atomic E-state index is 12.9. The molecule has 0 saturated carbocycles. The van der Waals surface area contributed by atoms with E-state index in [4.69, 9.17) is 15.9 Å². The van der Waals surface area contributed by atoms with E-state index in [0.29, 0.717) is 11.1 Å². The summed E-state index contributed by atoms with van der Waals surface area (Å²) in [4.78, 5) is 25.2. The summed E-state index contributed by atoms with van der Waals surface area (Å²) >= 11 is 0. The maximum atomic E-state index is 12.9. The molecular weight excluding hydrogens is 506 g/mol. The Morgan fingerprint density at radius 2 is 1.45 bits per heavy atom. The fourth-order valence-electron chi connectivity index (χ4n) is 3.44. The van der Waals surface area contributed by atoms with Gasteiger partial charge in [0.05, 0.1) is 25.5 Å². The first-order valence-corrected chi connectivity index (χ1v) is 13.5. The minimum atomic E-state index is -3.88. The molecule has 0 spiro atoms. The molecule has 0 aromatic heterocycles. The van der Waals surface area contributed by atoms with Gasteiger partial charge in [-0.25, -0.2) is 13.1 Å². The SMILES string of the molecule is N=C(N)c1ccc(CNC(=O)CNC(=O)[C@@H](COCc2ccccc2)NS(=O)(=O)Cc2ccccc2)cc1. The molecular formula is C27H31N5O5S. The zero-order chi connectivity index (χ0) is 27.4. The van der Waals surface area contributed by atoms with Gasteiger partial charge in [-0.15, -0.1) is 0 Å². The van der Waals surface area contributed by atoms with Crippen LogP contribution in [0.25, 0.3) is 0 Å². The number of amidine groups is 1. The summed E-state index contributed by atoms with van der Waals surface area (Å²) in [5.41, 5.74) is 8.24. The Kier molecular flexibility index (Phi) is 10.5. The number of carbonyl (C=O) groups is 2. The standard InChI is InChI=1S/C27H31N5O5S/c28-26(29)23-13-11-20(12-14-23)15-30-25(33)16-31-27(34)24(18-37-17-21-7-3-1-4-8-21)32-38(35,36)19-22-9-5-2-6-10-22/h1-14,24,32H,15-19H2,(H3,28,29)(H,30,33)(H,31,34)/t24-/m1/s1. The van der Waals surface area contributed by atoms with Gasteiger partial charge in [-0.1, -0.05) is 84.9 Å². The lowest BCUT2D eigenvalue weighted by Gasteiger charge is -2.19. The van der Waals surface area contributed by atoms with Crippen LogP contribution in [0.5, 0.6) is 0 Å². The number of hydrogen-bond acceptors (Lipinski definition) is 6. The van der Waals surface area contributed by atoms with Crippen LogP contribution in [-0.4, -0.2) is 45.3 Å². The van der Waals surface area contributed by atoms with Crippen molar-refractivity contribution in [1.82, 2.24) is 15.4 Å². The topological polar surface area (TPSA) is 163 Å². The zero-order valence-electron chi connectivity index (χ0n) is 20.7. The van der Waals surface area contributed by atoms with Gasteiger partial charge < -0.3 is 21.1 Å². The highest BCUT2D eigenvalue weighted by atomic mass is 32.2. The van der Waals surface area contributed by atoms with Crippen LogP contribution in [-0.2, 0) is 43.3 Å². The van der Waals surface area contributed by atoms with Gasteiger partial charge in [0.15, 0.2) is 0 Å². The Morgan fingerprint density at radius 1 is 0.842 bits per heavy atom. The van der Waals surface area contributed by atoms with Gasteiger partial charge in [0.25, 0.3) is 0 Å². The van der Waals surface area contributed by atoms with E-state index in [0.717, 1.165) is 11.1 Å². The van der Waals surface area contributed by atoms with E-state index in [1.807, 2.05) is 30.3 Å². The minimum Gasteiger partial charge on any atom is -0.384 e. The van der Waals surface area contributed by atoms with Gasteiger partial charge in [0.1, 0.15) is 11.9 Å². The summed E-state index contributed by atoms with van der Waals surface area (Å²) in [7, 11) is -3.88. The third-order valence-electron chi connectivity index (χ3n) is 5.41. The molecule has 1 atom stereocenters. The molecule has 10 nitrogen and oxygen atoms in total. The highest BCUT2D eigenvalue weighted by Gasteiger charge is 2.25. The summed E-state index contributed by atoms with van der Waals surface area (Å²) in [6.07, 6.45) is 0. The molecule has 0 aliphatic carbocycles. The second-order valence-corrected chi connectivity index (χ2v) is 10.3. The molecule has 38 heavy (non-hydrogen) atoms. The second-order valence-electron chi connectivity index (χ2n) is 8.52. The number of sulfonamides is 1. The summed E-state index contributed by atoms with van der Waals surface area (Å²) < 4.78 is 33.6. The summed E-state index contributed by atoms with van der Waals surface area (Å²) in [5.74, 6) is -1.50. The van der Waals surface area contributed by atoms with Crippen molar-refractivity contribution in [2.45, 2.75) is 24.9 Å². The van der Waals surface area contributed by atoms with Crippen molar-refractivity contribution in [2.75, 3.05) is 13.2 Å². The molecule has 2 amide bonds. The third-order valence-corrected chi connectivity index (χ3v) is 6.77. The Hall–Kier alpha value is -4.06. The number of nitrogens with one attached hydrogen (secondary N) is 4. The molecule has 6 N–H and O–H groups in total. The van der Waals surface area contributed by atoms with E-state index in [1.165, 1.54) is 0 Å². The largest absolute Gasteiger partial charge is 0.384 e. The quantitative estimate of drug-likeness (QED) is 0.154. The van der Waals surface area contributed by atoms with Crippen LogP contribution in [0.1, 0.15) is 22.3 Å². The van der Waals surface area contributed by atoms with E-state index in [2.05, 4.69) is 15.4 Å². The first-order valence-electron chi connectivity index (χ1n) is 11.9. The molecule has 0 aliphatic heterocycles. The van der Waals surface area contributed by atoms with Crippen LogP contribution >= 0.6 is 0 Å². The molecule has 0 saturated heterocycles. The lowest BCUT2D eigenvalue weighted by Crippen LogP contribution is -2.51. The van der Waals surface area contributed by atoms with E-state index in [1.54, 1.807) is 54.6 Å². The molecule has 0 bridgehead atoms. The van der Waals surface area contributed by atoms with Crippen molar-refractivity contribution in [3.63, 3.8) is 0 Å². The number of benzene rings is 3. The molecule has 11 heteroatoms. The lowest BCUT2D eigenvalue weighted by atomic mass is 10.1. The van der Waals surface area contributed by atoms with Crippen molar-refractivity contribution in [3.05, 3.63) is 107 Å². The van der Waals surface area contributed by atoms with E-state index in [9.17, 15) is 18.0 Å². The molecule has 0 heterocycles. The van der Waals surface area contributed by atoms with Gasteiger partial charge >= 0.3 is 0 Å². The minimum absolute atomic E-state index is 0.0509. The van der Waals surface area contributed by atoms with Gasteiger partial charge in [0.2, 0.25) is 21.8 Å². The molecule has 0 unspecified atom stereocenters. The third kappa shape index (κ3) is 9.77. The summed E-state index contributed by atoms with van der Waals surface area (Å²) in [6.45, 7) is -0.174. The fraction of sp³-hybridized carbons (Fsp3) is 0.222. The fourth-order valence-corrected chi connectivity index (χ4v) is 4.76. The Morgan fingerprint density at radius 3 is 2.05 bits per heavy atom. The van der Waals surface area contributed by atoms with Crippen LogP contribution in [0, 0.1) is 5.41 Å². The molecule has 3 rings (SSSR count). The smallest absolute Gasteiger partial charge is 0.240 e. The first kappa shape index (κ1) is 28.5. The highest BCUT2D eigenvalue weighted by molar-refractivity contribution is 7.88. The van der Waals surface area contributed by atoms with E-state index in [-0.39, 0.29) is 37.9 Å². The highest BCUT2D eigenvalue weighted by Crippen LogP contribution is 2.07. The molecule has 200 valence electrons. The van der Waals surface area contributed by atoms with Gasteiger partial charge in [-0.05, 0) is 16.7 Å². The Balaban J connectivity index is 1.56. The number of nitrogens with two attached hydrogens (primary N) is 1. The number of amides is 2. The van der Waals surface area contributed by atoms with E-state index >= 15 is 0 Å². The number of nitrogen functional groups attached to an aromatic ring is 1. The van der Waals surface area contributed by atoms with Crippen molar-refractivity contribution in [2.24, 2.45) is 5.73 Å². The maximum Gasteiger partial charge on any atom is 0.240 e. The summed E-state index contributed by atoms with van der Waals surface area (Å²) in [6, 6.07) is 23.4. The predicted octanol–water partition coefficient (Wildman–Crippen LogP) is 1.41. The molecule has 0 radical (unpaired) electrons. The van der Waals surface area contributed by atoms with Crippen LogP contribution < -0.4 is 21.1 Å². The number of ether oxygens (including phenoxy) is 1. The molecule has 3 aromatic rings. The van der Waals surface area contributed by atoms with Gasteiger partial charge in [-0.3, -0.25) is 15.0 Å². The van der Waals surface area contributed by atoms with Crippen molar-refractivity contribution >= 4 is 27.7 Å². The average molecular weight is 538 g/mol. The number of rotatable bonds is 14. The van der Waals surface area contributed by atoms with Crippen LogP contribution in [0.15, 0.2) is 84.9 Å². The second kappa shape index (κ2) is 14.0.